The van der Waals surface area contributed by atoms with Crippen molar-refractivity contribution in [2.75, 3.05) is 12.4 Å². The number of ether oxygens (including phenoxy) is 1. The van der Waals surface area contributed by atoms with Crippen molar-refractivity contribution < 1.29 is 4.74 Å². The molecule has 1 atom stereocenters. The highest BCUT2D eigenvalue weighted by molar-refractivity contribution is 9.09. The van der Waals surface area contributed by atoms with E-state index in [9.17, 15) is 0 Å². The van der Waals surface area contributed by atoms with E-state index in [2.05, 4.69) is 28.9 Å². The van der Waals surface area contributed by atoms with Gasteiger partial charge < -0.3 is 4.74 Å². The first kappa shape index (κ1) is 9.18. The molecule has 54 valence electrons. The zero-order valence-corrected chi connectivity index (χ0v) is 7.73. The molecule has 0 spiro atoms. The maximum absolute atomic E-state index is 5.03. The molecule has 0 radical (unpaired) electrons. The number of allylic oxidation sites excluding steroid dienone is 1. The molecule has 0 aliphatic heterocycles. The normalized spacial score (nSPS) is 15.8. The second-order valence-electron chi connectivity index (χ2n) is 2.09. The lowest BCUT2D eigenvalue weighted by atomic mass is 10.2. The van der Waals surface area contributed by atoms with E-state index >= 15 is 0 Å². The highest BCUT2D eigenvalue weighted by Crippen LogP contribution is 2.01. The smallest absolute Gasteiger partial charge is 0.0726 e. The van der Waals surface area contributed by atoms with Gasteiger partial charge in [0.25, 0.3) is 0 Å². The van der Waals surface area contributed by atoms with Gasteiger partial charge in [-0.05, 0) is 13.8 Å². The fourth-order valence-electron chi connectivity index (χ4n) is 0.513. The number of methoxy groups -OCH3 is 1. The van der Waals surface area contributed by atoms with Crippen LogP contribution in [0.3, 0.4) is 0 Å². The fraction of sp³-hybridized carbons (Fsp3) is 0.714. The van der Waals surface area contributed by atoms with Crippen LogP contribution in [-0.2, 0) is 4.74 Å². The average molecular weight is 193 g/mol. The van der Waals surface area contributed by atoms with Crippen molar-refractivity contribution in [3.8, 4) is 0 Å². The first-order chi connectivity index (χ1) is 4.20. The Bertz CT molecular complexity index is 99.1. The molecule has 0 saturated carbocycles. The molecule has 0 amide bonds. The van der Waals surface area contributed by atoms with Crippen LogP contribution < -0.4 is 0 Å². The number of rotatable bonds is 3. The maximum atomic E-state index is 5.03. The average Bonchev–Trinajstić information content (AvgIpc) is 1.87. The highest BCUT2D eigenvalue weighted by Gasteiger charge is 1.92. The summed E-state index contributed by atoms with van der Waals surface area (Å²) < 4.78 is 5.03. The molecule has 0 aliphatic rings. The molecule has 0 saturated heterocycles. The van der Waals surface area contributed by atoms with E-state index in [0.29, 0.717) is 0 Å². The zero-order valence-electron chi connectivity index (χ0n) is 6.15. The zero-order chi connectivity index (χ0) is 7.28. The van der Waals surface area contributed by atoms with Gasteiger partial charge in [0, 0.05) is 12.4 Å². The quantitative estimate of drug-likeness (QED) is 0.493. The minimum absolute atomic E-state index is 0.238. The van der Waals surface area contributed by atoms with Crippen molar-refractivity contribution in [2.24, 2.45) is 0 Å². The summed E-state index contributed by atoms with van der Waals surface area (Å²) >= 11 is 3.35. The predicted molar refractivity (Wildman–Crippen MR) is 44.0 cm³/mol. The molecule has 0 rings (SSSR count). The van der Waals surface area contributed by atoms with Crippen LogP contribution in [0.15, 0.2) is 11.6 Å². The third-order valence-electron chi connectivity index (χ3n) is 1.10. The van der Waals surface area contributed by atoms with Gasteiger partial charge in [0.05, 0.1) is 6.10 Å². The summed E-state index contributed by atoms with van der Waals surface area (Å²) in [6.45, 7) is 4.09. The van der Waals surface area contributed by atoms with E-state index in [1.54, 1.807) is 7.11 Å². The van der Waals surface area contributed by atoms with Crippen molar-refractivity contribution in [3.05, 3.63) is 11.6 Å². The van der Waals surface area contributed by atoms with Gasteiger partial charge in [-0.3, -0.25) is 0 Å². The highest BCUT2D eigenvalue weighted by atomic mass is 79.9. The molecule has 0 aromatic heterocycles. The minimum Gasteiger partial charge on any atom is -0.378 e. The Morgan fingerprint density at radius 3 is 2.67 bits per heavy atom. The first-order valence-electron chi connectivity index (χ1n) is 2.96. The van der Waals surface area contributed by atoms with Crippen molar-refractivity contribution in [1.29, 1.82) is 0 Å². The molecule has 1 unspecified atom stereocenters. The fourth-order valence-corrected chi connectivity index (χ4v) is 0.700. The van der Waals surface area contributed by atoms with Crippen molar-refractivity contribution >= 4 is 15.9 Å². The van der Waals surface area contributed by atoms with Gasteiger partial charge in [-0.2, -0.15) is 0 Å². The van der Waals surface area contributed by atoms with Crippen LogP contribution in [-0.4, -0.2) is 18.5 Å². The Kier molecular flexibility index (Phi) is 5.10. The Morgan fingerprint density at radius 2 is 2.33 bits per heavy atom. The molecular formula is C7H13BrO. The summed E-state index contributed by atoms with van der Waals surface area (Å²) in [6.07, 6.45) is 2.33. The van der Waals surface area contributed by atoms with Gasteiger partial charge in [-0.1, -0.05) is 27.6 Å². The Balaban J connectivity index is 3.64. The molecule has 0 aromatic rings. The Hall–Kier alpha value is 0.180. The summed E-state index contributed by atoms with van der Waals surface area (Å²) in [5.74, 6) is 0. The van der Waals surface area contributed by atoms with Crippen LogP contribution in [0.5, 0.6) is 0 Å². The second kappa shape index (κ2) is 5.00. The molecular weight excluding hydrogens is 180 g/mol. The molecule has 1 nitrogen and oxygen atoms in total. The lowest BCUT2D eigenvalue weighted by molar-refractivity contribution is 0.155. The van der Waals surface area contributed by atoms with Gasteiger partial charge in [-0.15, -0.1) is 0 Å². The van der Waals surface area contributed by atoms with Gasteiger partial charge >= 0.3 is 0 Å². The van der Waals surface area contributed by atoms with E-state index in [0.717, 1.165) is 5.33 Å². The number of hydrogen-bond acceptors (Lipinski definition) is 1. The molecule has 2 heteroatoms. The Labute approximate surface area is 65.2 Å². The van der Waals surface area contributed by atoms with Crippen LogP contribution in [0, 0.1) is 0 Å². The SMILES string of the molecule is COC(C)/C=C(/C)CBr. The maximum Gasteiger partial charge on any atom is 0.0726 e. The van der Waals surface area contributed by atoms with Gasteiger partial charge in [0.2, 0.25) is 0 Å². The van der Waals surface area contributed by atoms with Gasteiger partial charge in [0.15, 0.2) is 0 Å². The van der Waals surface area contributed by atoms with Crippen LogP contribution in [0.4, 0.5) is 0 Å². The van der Waals surface area contributed by atoms with E-state index in [4.69, 9.17) is 4.74 Å². The largest absolute Gasteiger partial charge is 0.378 e. The standard InChI is InChI=1S/C7H13BrO/c1-6(5-8)4-7(2)9-3/h4,7H,5H2,1-3H3/b6-4-. The second-order valence-corrected chi connectivity index (χ2v) is 2.65. The topological polar surface area (TPSA) is 9.23 Å². The van der Waals surface area contributed by atoms with Gasteiger partial charge in [-0.25, -0.2) is 0 Å². The summed E-state index contributed by atoms with van der Waals surface area (Å²) in [5, 5.41) is 0.931. The monoisotopic (exact) mass is 192 g/mol. The lowest BCUT2D eigenvalue weighted by Crippen LogP contribution is -2.00. The molecule has 0 N–H and O–H groups in total. The van der Waals surface area contributed by atoms with E-state index in [1.165, 1.54) is 5.57 Å². The third-order valence-corrected chi connectivity index (χ3v) is 1.99. The van der Waals surface area contributed by atoms with Crippen molar-refractivity contribution in [2.45, 2.75) is 20.0 Å². The summed E-state index contributed by atoms with van der Waals surface area (Å²) in [7, 11) is 1.71. The van der Waals surface area contributed by atoms with Crippen LogP contribution in [0.25, 0.3) is 0 Å². The molecule has 0 fully saturated rings. The van der Waals surface area contributed by atoms with Crippen LogP contribution in [0.1, 0.15) is 13.8 Å². The number of halogens is 1. The van der Waals surface area contributed by atoms with E-state index in [-0.39, 0.29) is 6.10 Å². The Morgan fingerprint density at radius 1 is 1.78 bits per heavy atom. The molecule has 0 bridgehead atoms. The first-order valence-corrected chi connectivity index (χ1v) is 4.09. The lowest BCUT2D eigenvalue weighted by Gasteiger charge is -2.03. The molecule has 0 aromatic carbocycles. The van der Waals surface area contributed by atoms with Crippen molar-refractivity contribution in [1.82, 2.24) is 0 Å². The number of alkyl halides is 1. The number of hydrogen-bond donors (Lipinski definition) is 0. The third kappa shape index (κ3) is 4.67. The van der Waals surface area contributed by atoms with Crippen LogP contribution in [0.2, 0.25) is 0 Å². The summed E-state index contributed by atoms with van der Waals surface area (Å²) in [5.41, 5.74) is 1.31. The van der Waals surface area contributed by atoms with E-state index in [1.807, 2.05) is 6.92 Å². The van der Waals surface area contributed by atoms with Gasteiger partial charge in [0.1, 0.15) is 0 Å². The summed E-state index contributed by atoms with van der Waals surface area (Å²) in [4.78, 5) is 0. The predicted octanol–water partition coefficient (Wildman–Crippen LogP) is 2.36. The molecule has 0 heterocycles. The van der Waals surface area contributed by atoms with E-state index < -0.39 is 0 Å². The summed E-state index contributed by atoms with van der Waals surface area (Å²) in [6, 6.07) is 0. The van der Waals surface area contributed by atoms with Crippen molar-refractivity contribution in [3.63, 3.8) is 0 Å². The molecule has 0 aliphatic carbocycles. The van der Waals surface area contributed by atoms with Crippen LogP contribution >= 0.6 is 15.9 Å². The minimum atomic E-state index is 0.238. The molecule has 9 heavy (non-hydrogen) atoms.